The maximum atomic E-state index is 14.8. The summed E-state index contributed by atoms with van der Waals surface area (Å²) in [6, 6.07) is 1.99. The monoisotopic (exact) mass is 664 g/mol. The maximum Gasteiger partial charge on any atom is 0.227 e. The average molecular weight is 665 g/mol. The number of nitrogens with one attached hydrogen (secondary N) is 2. The topological polar surface area (TPSA) is 64.7 Å². The smallest absolute Gasteiger partial charge is 0.227 e. The minimum absolute atomic E-state index is 0.273. The molecule has 9 heteroatoms. The fourth-order valence-corrected chi connectivity index (χ4v) is 22.7. The van der Waals surface area contributed by atoms with E-state index in [0.29, 0.717) is 82.5 Å². The summed E-state index contributed by atoms with van der Waals surface area (Å²) in [5.41, 5.74) is 0. The van der Waals surface area contributed by atoms with Crippen molar-refractivity contribution in [3.8, 4) is 0 Å². The molecule has 0 aromatic rings. The molecule has 2 N–H and O–H groups in total. The Bertz CT molecular complexity index is 1370. The maximum absolute atomic E-state index is 14.8. The third-order valence-corrected chi connectivity index (χ3v) is 22.5. The summed E-state index contributed by atoms with van der Waals surface area (Å²) < 4.78 is 0. The first-order valence-electron chi connectivity index (χ1n) is 19.3. The molecular weight excluding hydrogens is 617 g/mol. The van der Waals surface area contributed by atoms with Crippen LogP contribution in [-0.4, -0.2) is 79.1 Å². The molecule has 0 aromatic heterocycles. The van der Waals surface area contributed by atoms with Gasteiger partial charge >= 0.3 is 0 Å². The first-order valence-corrected chi connectivity index (χ1v) is 22.5. The van der Waals surface area contributed by atoms with E-state index in [2.05, 4.69) is 53.8 Å². The van der Waals surface area contributed by atoms with Crippen molar-refractivity contribution in [1.82, 2.24) is 20.4 Å². The van der Waals surface area contributed by atoms with E-state index >= 15 is 0 Å². The number of nitrogens with zero attached hydrogens (tertiary/aromatic N) is 2. The van der Waals surface area contributed by atoms with Crippen LogP contribution in [0.2, 0.25) is 0 Å². The van der Waals surface area contributed by atoms with Crippen molar-refractivity contribution >= 4 is 45.2 Å². The van der Waals surface area contributed by atoms with E-state index in [-0.39, 0.29) is 11.8 Å². The van der Waals surface area contributed by atoms with Crippen LogP contribution >= 0.6 is 33.3 Å². The Morgan fingerprint density at radius 2 is 0.956 bits per heavy atom. The lowest BCUT2D eigenvalue weighted by Crippen LogP contribution is -2.74. The highest BCUT2D eigenvalue weighted by molar-refractivity contribution is 8.77. The van der Waals surface area contributed by atoms with Crippen LogP contribution in [0.1, 0.15) is 77.0 Å². The molecule has 0 radical (unpaired) electrons. The summed E-state index contributed by atoms with van der Waals surface area (Å²) in [5, 5.41) is 11.2. The van der Waals surface area contributed by atoms with Crippen LogP contribution in [0.25, 0.3) is 0 Å². The van der Waals surface area contributed by atoms with Gasteiger partial charge in [-0.05, 0) is 111 Å². The summed E-state index contributed by atoms with van der Waals surface area (Å²) in [5.74, 6) is 8.89. The number of fused-ring (bicyclic) bond motifs is 8. The normalized spacial score (nSPS) is 65.2. The molecule has 22 unspecified atom stereocenters. The number of hydrogen-bond acceptors (Lipinski definition) is 7. The molecule has 242 valence electrons. The number of carbonyl (C=O) groups excluding carboxylic acids is 2. The van der Waals surface area contributed by atoms with Gasteiger partial charge in [-0.25, -0.2) is 0 Å². The van der Waals surface area contributed by atoms with Gasteiger partial charge in [0.1, 0.15) is 0 Å². The van der Waals surface area contributed by atoms with Crippen LogP contribution in [0.4, 0.5) is 0 Å². The number of piperidine rings is 2. The van der Waals surface area contributed by atoms with Crippen molar-refractivity contribution in [3.05, 3.63) is 0 Å². The molecule has 0 aromatic carbocycles. The highest BCUT2D eigenvalue weighted by atomic mass is 33.1. The van der Waals surface area contributed by atoms with Gasteiger partial charge < -0.3 is 9.80 Å². The van der Waals surface area contributed by atoms with Crippen molar-refractivity contribution in [1.29, 1.82) is 0 Å². The van der Waals surface area contributed by atoms with Gasteiger partial charge in [-0.3, -0.25) is 20.2 Å². The SMILES string of the molecule is O=C1C2CC3SC4CC5C6C(CC7SSC8CC(C2C2C8C7C6C4C32)C2NC3CCCCC3N12)C(=O)N1C2CCCCC2NC51. The number of rotatable bonds is 0. The predicted molar refractivity (Wildman–Crippen MR) is 178 cm³/mol. The molecular formula is C36H48N4O2S3. The highest BCUT2D eigenvalue weighted by Gasteiger charge is 2.77. The second-order valence-electron chi connectivity index (χ2n) is 18.2. The number of hydrogen-bond donors (Lipinski definition) is 2. The molecule has 6 aliphatic heterocycles. The van der Waals surface area contributed by atoms with Gasteiger partial charge in [-0.1, -0.05) is 47.3 Å². The van der Waals surface area contributed by atoms with Gasteiger partial charge in [-0.2, -0.15) is 11.8 Å². The van der Waals surface area contributed by atoms with E-state index in [9.17, 15) is 9.59 Å². The van der Waals surface area contributed by atoms with Gasteiger partial charge in [-0.15, -0.1) is 0 Å². The molecule has 6 heterocycles. The van der Waals surface area contributed by atoms with E-state index in [1.807, 2.05) is 0 Å². The third-order valence-electron chi connectivity index (χ3n) is 17.3. The number of carbonyl (C=O) groups is 2. The fourth-order valence-electron chi connectivity index (χ4n) is 16.6. The van der Waals surface area contributed by atoms with Crippen LogP contribution in [0, 0.1) is 71.0 Å². The summed E-state index contributed by atoms with van der Waals surface area (Å²) in [6.07, 6.45) is 15.8. The number of thioether (sulfide) groups is 1. The third kappa shape index (κ3) is 3.05. The highest BCUT2D eigenvalue weighted by Crippen LogP contribution is 2.78. The molecule has 45 heavy (non-hydrogen) atoms. The molecule has 2 amide bonds. The van der Waals surface area contributed by atoms with E-state index in [0.717, 1.165) is 58.8 Å². The standard InChI is InChI=1S/C36H48N4O2S3/c41-35-15-11-22-28-27-21(43-22)9-13-25-16(36(42)39-19-7-3-1-5-17(19)37-33(13)39)12-24-30(31(25)27)29-23(44-45-24)10-14(26(15)32(28)29)34-38-18-6-2-4-8-20(18)40(34)35/h13-34,37-38H,1-12H2. The van der Waals surface area contributed by atoms with Crippen LogP contribution in [0.15, 0.2) is 0 Å². The minimum Gasteiger partial charge on any atom is -0.322 e. The van der Waals surface area contributed by atoms with E-state index in [1.165, 1.54) is 64.2 Å². The van der Waals surface area contributed by atoms with Gasteiger partial charge in [0.05, 0.1) is 12.3 Å². The Balaban J connectivity index is 0.937. The first kappa shape index (κ1) is 26.7. The largest absolute Gasteiger partial charge is 0.322 e. The summed E-state index contributed by atoms with van der Waals surface area (Å²) in [4.78, 5) is 34.5. The van der Waals surface area contributed by atoms with Crippen molar-refractivity contribution in [3.63, 3.8) is 0 Å². The van der Waals surface area contributed by atoms with Crippen LogP contribution in [0.5, 0.6) is 0 Å². The van der Waals surface area contributed by atoms with E-state index < -0.39 is 0 Å². The summed E-state index contributed by atoms with van der Waals surface area (Å²) in [6.45, 7) is 0. The first-order chi connectivity index (χ1) is 22.2. The Morgan fingerprint density at radius 1 is 0.511 bits per heavy atom. The average Bonchev–Trinajstić information content (AvgIpc) is 3.76. The molecule has 7 aliphatic carbocycles. The summed E-state index contributed by atoms with van der Waals surface area (Å²) >= 11 is 2.39. The van der Waals surface area contributed by atoms with Gasteiger partial charge in [0, 0.05) is 57.0 Å². The van der Waals surface area contributed by atoms with E-state index in [1.54, 1.807) is 0 Å². The zero-order valence-corrected chi connectivity index (χ0v) is 28.6. The fraction of sp³-hybridized carbons (Fsp3) is 0.944. The second-order valence-corrected chi connectivity index (χ2v) is 22.4. The number of amides is 2. The quantitative estimate of drug-likeness (QED) is 0.361. The molecule has 7 saturated carbocycles. The lowest BCUT2D eigenvalue weighted by Gasteiger charge is -2.72. The van der Waals surface area contributed by atoms with Crippen LogP contribution in [0.3, 0.4) is 0 Å². The zero-order valence-electron chi connectivity index (χ0n) is 26.1. The van der Waals surface area contributed by atoms with Gasteiger partial charge in [0.2, 0.25) is 11.8 Å². The second kappa shape index (κ2) is 8.98. The van der Waals surface area contributed by atoms with Crippen molar-refractivity contribution in [2.24, 2.45) is 71.0 Å². The Labute approximate surface area is 279 Å². The molecule has 0 bridgehead atoms. The molecule has 6 saturated heterocycles. The van der Waals surface area contributed by atoms with Gasteiger partial charge in [0.15, 0.2) is 0 Å². The Hall–Kier alpha value is -0.0900. The molecule has 6 nitrogen and oxygen atoms in total. The molecule has 13 aliphatic rings. The van der Waals surface area contributed by atoms with Crippen molar-refractivity contribution in [2.45, 2.75) is 135 Å². The van der Waals surface area contributed by atoms with Crippen LogP contribution in [-0.2, 0) is 9.59 Å². The molecule has 13 rings (SSSR count). The van der Waals surface area contributed by atoms with Crippen LogP contribution < -0.4 is 10.6 Å². The Kier molecular flexibility index (Phi) is 5.33. The van der Waals surface area contributed by atoms with E-state index in [4.69, 9.17) is 0 Å². The van der Waals surface area contributed by atoms with Crippen molar-refractivity contribution in [2.75, 3.05) is 0 Å². The molecule has 22 atom stereocenters. The summed E-state index contributed by atoms with van der Waals surface area (Å²) in [7, 11) is 4.52. The molecule has 13 fully saturated rings. The lowest BCUT2D eigenvalue weighted by atomic mass is 9.37. The predicted octanol–water partition coefficient (Wildman–Crippen LogP) is 4.79. The zero-order chi connectivity index (χ0) is 29.0. The van der Waals surface area contributed by atoms with Gasteiger partial charge in [0.25, 0.3) is 0 Å². The molecule has 0 spiro atoms. The van der Waals surface area contributed by atoms with Crippen molar-refractivity contribution < 1.29 is 9.59 Å². The Morgan fingerprint density at radius 3 is 1.53 bits per heavy atom. The minimum atomic E-state index is 0.273. The lowest BCUT2D eigenvalue weighted by molar-refractivity contribution is -0.209.